The molecule has 0 saturated carbocycles. The summed E-state index contributed by atoms with van der Waals surface area (Å²) in [5.74, 6) is -0.531. The van der Waals surface area contributed by atoms with Crippen molar-refractivity contribution >= 4 is 28.9 Å². The molecule has 0 bridgehead atoms. The predicted octanol–water partition coefficient (Wildman–Crippen LogP) is 2.89. The number of benzene rings is 1. The zero-order valence-corrected chi connectivity index (χ0v) is 12.4. The molecule has 0 amide bonds. The first kappa shape index (κ1) is 15.4. The van der Waals surface area contributed by atoms with Crippen molar-refractivity contribution in [2.45, 2.75) is 6.92 Å². The van der Waals surface area contributed by atoms with Gasteiger partial charge in [0.1, 0.15) is 5.58 Å². The Morgan fingerprint density at radius 3 is 2.77 bits per heavy atom. The summed E-state index contributed by atoms with van der Waals surface area (Å²) in [6.07, 6.45) is 7.11. The molecule has 0 aliphatic carbocycles. The minimum Gasteiger partial charge on any atom is -0.464 e. The summed E-state index contributed by atoms with van der Waals surface area (Å²) in [5, 5.41) is 3.60. The second kappa shape index (κ2) is 7.17. The Kier molecular flexibility index (Phi) is 5.03. The molecule has 1 aromatic heterocycles. The van der Waals surface area contributed by atoms with Gasteiger partial charge in [0.15, 0.2) is 5.78 Å². The molecule has 1 heterocycles. The van der Waals surface area contributed by atoms with Gasteiger partial charge in [-0.1, -0.05) is 6.08 Å². The molecule has 112 valence electrons. The third kappa shape index (κ3) is 3.58. The maximum atomic E-state index is 12.1. The lowest BCUT2D eigenvalue weighted by atomic mass is 10.1. The number of fused-ring (bicyclic) bond motifs is 1. The Morgan fingerprint density at radius 2 is 2.05 bits per heavy atom. The first-order valence-electron chi connectivity index (χ1n) is 6.73. The summed E-state index contributed by atoms with van der Waals surface area (Å²) in [6, 6.07) is 6.91. The average Bonchev–Trinajstić information content (AvgIpc) is 3.00. The Bertz CT molecular complexity index is 782. The molecular weight excluding hydrogens is 280 g/mol. The fourth-order valence-electron chi connectivity index (χ4n) is 1.89. The van der Waals surface area contributed by atoms with Gasteiger partial charge >= 0.3 is 0 Å². The van der Waals surface area contributed by atoms with Gasteiger partial charge in [0.2, 0.25) is 5.78 Å². The largest absolute Gasteiger partial charge is 0.464 e. The van der Waals surface area contributed by atoms with Crippen LogP contribution in [0.3, 0.4) is 0 Å². The van der Waals surface area contributed by atoms with Crippen LogP contribution in [-0.4, -0.2) is 25.0 Å². The third-order valence-electron chi connectivity index (χ3n) is 3.03. The van der Waals surface area contributed by atoms with Crippen LogP contribution in [0.1, 0.15) is 17.3 Å². The number of nitrogens with one attached hydrogen (secondary N) is 1. The third-order valence-corrected chi connectivity index (χ3v) is 3.03. The highest BCUT2D eigenvalue weighted by Gasteiger charge is 2.07. The smallest absolute Gasteiger partial charge is 0.201 e. The lowest BCUT2D eigenvalue weighted by Gasteiger charge is -2.01. The molecule has 0 aliphatic rings. The standard InChI is InChI=1S/C17H16N2O3/c1-3-14(19-11-18-2)16(21)6-5-15(20)12-4-7-17-13(10-12)8-9-22-17/h3-11H,1-2H3,(H,18,19)/b6-5+,14-3-. The van der Waals surface area contributed by atoms with E-state index in [0.29, 0.717) is 11.3 Å². The number of allylic oxidation sites excluding steroid dienone is 3. The van der Waals surface area contributed by atoms with Crippen LogP contribution < -0.4 is 5.32 Å². The quantitative estimate of drug-likeness (QED) is 0.385. The number of aliphatic imine (C=N–C) groups is 1. The highest BCUT2D eigenvalue weighted by Crippen LogP contribution is 2.17. The monoisotopic (exact) mass is 296 g/mol. The van der Waals surface area contributed by atoms with Crippen LogP contribution in [0.25, 0.3) is 11.0 Å². The lowest BCUT2D eigenvalue weighted by Crippen LogP contribution is -2.17. The fraction of sp³-hybridized carbons (Fsp3) is 0.118. The summed E-state index contributed by atoms with van der Waals surface area (Å²) in [5.41, 5.74) is 1.58. The van der Waals surface area contributed by atoms with E-state index in [2.05, 4.69) is 10.3 Å². The van der Waals surface area contributed by atoms with Crippen molar-refractivity contribution in [3.63, 3.8) is 0 Å². The van der Waals surface area contributed by atoms with E-state index in [0.717, 1.165) is 11.0 Å². The predicted molar refractivity (Wildman–Crippen MR) is 86.0 cm³/mol. The number of ketones is 2. The SMILES string of the molecule is C/C=C(\NC=NC)C(=O)/C=C/C(=O)c1ccc2occc2c1. The molecule has 2 aromatic rings. The van der Waals surface area contributed by atoms with Gasteiger partial charge in [0.25, 0.3) is 0 Å². The van der Waals surface area contributed by atoms with E-state index >= 15 is 0 Å². The minimum atomic E-state index is -0.292. The first-order valence-corrected chi connectivity index (χ1v) is 6.73. The van der Waals surface area contributed by atoms with Crippen molar-refractivity contribution in [3.05, 3.63) is 60.0 Å². The van der Waals surface area contributed by atoms with Gasteiger partial charge in [-0.25, -0.2) is 0 Å². The van der Waals surface area contributed by atoms with Crippen molar-refractivity contribution in [3.8, 4) is 0 Å². The number of hydrogen-bond donors (Lipinski definition) is 1. The summed E-state index contributed by atoms with van der Waals surface area (Å²) in [4.78, 5) is 27.8. The van der Waals surface area contributed by atoms with Gasteiger partial charge in [0.05, 0.1) is 18.3 Å². The molecule has 5 heteroatoms. The molecule has 0 atom stereocenters. The van der Waals surface area contributed by atoms with Gasteiger partial charge in [-0.15, -0.1) is 0 Å². The molecule has 0 aliphatic heterocycles. The van der Waals surface area contributed by atoms with E-state index in [1.807, 2.05) is 0 Å². The first-order chi connectivity index (χ1) is 10.7. The zero-order chi connectivity index (χ0) is 15.9. The highest BCUT2D eigenvalue weighted by molar-refractivity contribution is 6.12. The number of carbonyl (C=O) groups excluding carboxylic acids is 2. The minimum absolute atomic E-state index is 0.240. The number of hydrogen-bond acceptors (Lipinski definition) is 4. The van der Waals surface area contributed by atoms with Crippen LogP contribution in [0.2, 0.25) is 0 Å². The van der Waals surface area contributed by atoms with Gasteiger partial charge in [-0.3, -0.25) is 14.6 Å². The van der Waals surface area contributed by atoms with Crippen LogP contribution in [0.5, 0.6) is 0 Å². The molecule has 0 unspecified atom stereocenters. The Morgan fingerprint density at radius 1 is 1.23 bits per heavy atom. The van der Waals surface area contributed by atoms with Crippen molar-refractivity contribution in [2.75, 3.05) is 7.05 Å². The van der Waals surface area contributed by atoms with Crippen LogP contribution in [0, 0.1) is 0 Å². The van der Waals surface area contributed by atoms with Crippen molar-refractivity contribution < 1.29 is 14.0 Å². The van der Waals surface area contributed by atoms with E-state index in [1.54, 1.807) is 50.6 Å². The summed E-state index contributed by atoms with van der Waals surface area (Å²) < 4.78 is 5.22. The molecule has 0 saturated heterocycles. The molecule has 0 radical (unpaired) electrons. The summed E-state index contributed by atoms with van der Waals surface area (Å²) in [7, 11) is 1.59. The van der Waals surface area contributed by atoms with E-state index in [9.17, 15) is 9.59 Å². The lowest BCUT2D eigenvalue weighted by molar-refractivity contribution is -0.111. The van der Waals surface area contributed by atoms with Crippen molar-refractivity contribution in [1.29, 1.82) is 0 Å². The van der Waals surface area contributed by atoms with E-state index < -0.39 is 0 Å². The molecule has 22 heavy (non-hydrogen) atoms. The second-order valence-corrected chi connectivity index (χ2v) is 4.47. The van der Waals surface area contributed by atoms with Gasteiger partial charge in [-0.2, -0.15) is 0 Å². The maximum Gasteiger partial charge on any atom is 0.201 e. The van der Waals surface area contributed by atoms with E-state index in [-0.39, 0.29) is 11.6 Å². The molecule has 1 N–H and O–H groups in total. The topological polar surface area (TPSA) is 71.7 Å². The number of furan rings is 1. The van der Waals surface area contributed by atoms with Crippen LogP contribution >= 0.6 is 0 Å². The van der Waals surface area contributed by atoms with Crippen molar-refractivity contribution in [2.24, 2.45) is 4.99 Å². The van der Waals surface area contributed by atoms with E-state index in [1.165, 1.54) is 18.5 Å². The second-order valence-electron chi connectivity index (χ2n) is 4.47. The maximum absolute atomic E-state index is 12.1. The van der Waals surface area contributed by atoms with Gasteiger partial charge in [0, 0.05) is 18.0 Å². The molecule has 0 spiro atoms. The molecule has 5 nitrogen and oxygen atoms in total. The summed E-state index contributed by atoms with van der Waals surface area (Å²) >= 11 is 0. The molecule has 2 rings (SSSR count). The highest BCUT2D eigenvalue weighted by atomic mass is 16.3. The summed E-state index contributed by atoms with van der Waals surface area (Å²) in [6.45, 7) is 1.73. The van der Waals surface area contributed by atoms with Gasteiger partial charge < -0.3 is 9.73 Å². The normalized spacial score (nSPS) is 12.4. The number of rotatable bonds is 6. The van der Waals surface area contributed by atoms with E-state index in [4.69, 9.17) is 4.42 Å². The Balaban J connectivity index is 2.11. The van der Waals surface area contributed by atoms with Crippen LogP contribution in [0.15, 0.2) is 63.9 Å². The molecular formula is C17H16N2O3. The molecule has 1 aromatic carbocycles. The molecule has 0 fully saturated rings. The average molecular weight is 296 g/mol. The number of nitrogens with zero attached hydrogens (tertiary/aromatic N) is 1. The van der Waals surface area contributed by atoms with Gasteiger partial charge in [-0.05, 0) is 43.3 Å². The Hall–Kier alpha value is -2.95. The fourth-order valence-corrected chi connectivity index (χ4v) is 1.89. The van der Waals surface area contributed by atoms with Crippen LogP contribution in [-0.2, 0) is 4.79 Å². The zero-order valence-electron chi connectivity index (χ0n) is 12.4. The number of carbonyl (C=O) groups is 2. The van der Waals surface area contributed by atoms with Crippen LogP contribution in [0.4, 0.5) is 0 Å². The Labute approximate surface area is 128 Å². The van der Waals surface area contributed by atoms with Crippen molar-refractivity contribution in [1.82, 2.24) is 5.32 Å².